The highest BCUT2D eigenvalue weighted by Crippen LogP contribution is 2.35. The van der Waals surface area contributed by atoms with Gasteiger partial charge in [0, 0.05) is 5.70 Å². The van der Waals surface area contributed by atoms with Gasteiger partial charge in [0.2, 0.25) is 0 Å². The number of carbonyl (C=O) groups excluding carboxylic acids is 2. The molecular weight excluding hydrogens is 532 g/mol. The smallest absolute Gasteiger partial charge is 0.337 e. The molecule has 2 atom stereocenters. The molecule has 0 saturated heterocycles. The number of allylic oxidation sites excluding steroid dienone is 1. The fourth-order valence-electron chi connectivity index (χ4n) is 3.96. The molecule has 0 spiro atoms. The number of aliphatic hydroxyl groups excluding tert-OH is 1. The van der Waals surface area contributed by atoms with Gasteiger partial charge in [-0.3, -0.25) is 5.43 Å². The van der Waals surface area contributed by atoms with E-state index in [0.29, 0.717) is 54.1 Å². The lowest BCUT2D eigenvalue weighted by Crippen LogP contribution is -2.45. The maximum atomic E-state index is 12.4. The predicted octanol–water partition coefficient (Wildman–Crippen LogP) is 3.17. The van der Waals surface area contributed by atoms with E-state index in [2.05, 4.69) is 27.7 Å². The molecule has 12 heteroatoms. The SMILES string of the molecule is C=CCOc1ccc(/C=N\N[C@@H](O)COc2ccc([C@@H]3NC(=O)NC(C)=C3C(=O)OC)cc2OCC)cc1OCC. The number of benzene rings is 2. The van der Waals surface area contributed by atoms with E-state index in [1.807, 2.05) is 13.8 Å². The summed E-state index contributed by atoms with van der Waals surface area (Å²) in [5, 5.41) is 19.8. The number of carbonyl (C=O) groups is 2. The van der Waals surface area contributed by atoms with Crippen LogP contribution in [0.1, 0.15) is 37.9 Å². The van der Waals surface area contributed by atoms with E-state index < -0.39 is 24.3 Å². The molecule has 1 aliphatic heterocycles. The number of hydrazone groups is 1. The van der Waals surface area contributed by atoms with Crippen LogP contribution in [0.2, 0.25) is 0 Å². The first-order chi connectivity index (χ1) is 19.8. The van der Waals surface area contributed by atoms with Crippen LogP contribution in [-0.2, 0) is 9.53 Å². The van der Waals surface area contributed by atoms with Crippen LogP contribution in [0.25, 0.3) is 0 Å². The zero-order valence-electron chi connectivity index (χ0n) is 23.6. The molecular formula is C29H36N4O8. The van der Waals surface area contributed by atoms with E-state index in [4.69, 9.17) is 23.7 Å². The summed E-state index contributed by atoms with van der Waals surface area (Å²) < 4.78 is 27.6. The van der Waals surface area contributed by atoms with E-state index in [-0.39, 0.29) is 12.2 Å². The van der Waals surface area contributed by atoms with Crippen molar-refractivity contribution in [2.24, 2.45) is 5.10 Å². The maximum absolute atomic E-state index is 12.4. The van der Waals surface area contributed by atoms with Gasteiger partial charge in [0.25, 0.3) is 0 Å². The highest BCUT2D eigenvalue weighted by molar-refractivity contribution is 5.95. The van der Waals surface area contributed by atoms with Crippen molar-refractivity contribution in [3.8, 4) is 23.0 Å². The molecule has 41 heavy (non-hydrogen) atoms. The van der Waals surface area contributed by atoms with Crippen LogP contribution < -0.4 is 35.0 Å². The number of rotatable bonds is 15. The van der Waals surface area contributed by atoms with E-state index in [1.165, 1.54) is 13.3 Å². The Balaban J connectivity index is 1.67. The zero-order valence-corrected chi connectivity index (χ0v) is 23.6. The van der Waals surface area contributed by atoms with E-state index in [1.54, 1.807) is 49.4 Å². The molecule has 1 heterocycles. The number of nitrogens with zero attached hydrogens (tertiary/aromatic N) is 1. The van der Waals surface area contributed by atoms with Crippen LogP contribution in [0.5, 0.6) is 23.0 Å². The molecule has 220 valence electrons. The molecule has 0 saturated carbocycles. The Kier molecular flexibility index (Phi) is 11.4. The van der Waals surface area contributed by atoms with Crippen molar-refractivity contribution in [2.75, 3.05) is 33.5 Å². The van der Waals surface area contributed by atoms with Crippen LogP contribution in [0, 0.1) is 0 Å². The Morgan fingerprint density at radius 1 is 1.07 bits per heavy atom. The number of amides is 2. The number of hydrogen-bond donors (Lipinski definition) is 4. The summed E-state index contributed by atoms with van der Waals surface area (Å²) in [4.78, 5) is 24.5. The van der Waals surface area contributed by atoms with Gasteiger partial charge in [0.1, 0.15) is 13.2 Å². The quantitative estimate of drug-likeness (QED) is 0.0836. The van der Waals surface area contributed by atoms with E-state index in [9.17, 15) is 14.7 Å². The van der Waals surface area contributed by atoms with Gasteiger partial charge in [-0.25, -0.2) is 9.59 Å². The standard InChI is InChI=1S/C29H36N4O8/c1-6-13-40-21-11-9-19(14-23(21)38-7-2)16-30-33-25(34)17-41-22-12-10-20(15-24(22)39-8-3)27-26(28(35)37-5)18(4)31-29(36)32-27/h6,9-12,14-16,25,27,33-34H,1,7-8,13,17H2,2-5H3,(H2,31,32,36)/b30-16-/t25-,27-/m0/s1. The van der Waals surface area contributed by atoms with Crippen molar-refractivity contribution >= 4 is 18.2 Å². The van der Waals surface area contributed by atoms with Crippen LogP contribution >= 0.6 is 0 Å². The average molecular weight is 569 g/mol. The molecule has 0 unspecified atom stereocenters. The summed E-state index contributed by atoms with van der Waals surface area (Å²) >= 11 is 0. The summed E-state index contributed by atoms with van der Waals surface area (Å²) in [5.74, 6) is 1.33. The summed E-state index contributed by atoms with van der Waals surface area (Å²) in [5.41, 5.74) is 4.60. The van der Waals surface area contributed by atoms with Crippen LogP contribution in [0.15, 0.2) is 65.4 Å². The minimum absolute atomic E-state index is 0.147. The molecule has 1 aliphatic rings. The number of esters is 1. The summed E-state index contributed by atoms with van der Waals surface area (Å²) in [6, 6.07) is 9.16. The lowest BCUT2D eigenvalue weighted by atomic mass is 9.95. The van der Waals surface area contributed by atoms with E-state index in [0.717, 1.165) is 5.56 Å². The second-order valence-corrected chi connectivity index (χ2v) is 8.65. The molecule has 2 aromatic rings. The zero-order chi connectivity index (χ0) is 29.8. The normalized spacial score (nSPS) is 15.4. The number of urea groups is 1. The average Bonchev–Trinajstić information content (AvgIpc) is 2.95. The minimum Gasteiger partial charge on any atom is -0.490 e. The molecule has 0 aromatic heterocycles. The fraction of sp³-hybridized carbons (Fsp3) is 0.345. The van der Waals surface area contributed by atoms with E-state index >= 15 is 0 Å². The Morgan fingerprint density at radius 2 is 1.76 bits per heavy atom. The van der Waals surface area contributed by atoms with Gasteiger partial charge in [0.15, 0.2) is 29.2 Å². The Labute approximate surface area is 239 Å². The number of ether oxygens (including phenoxy) is 5. The van der Waals surface area contributed by atoms with Crippen molar-refractivity contribution < 1.29 is 38.4 Å². The third kappa shape index (κ3) is 8.39. The van der Waals surface area contributed by atoms with Crippen molar-refractivity contribution in [2.45, 2.75) is 33.0 Å². The van der Waals surface area contributed by atoms with Gasteiger partial charge in [0.05, 0.1) is 38.2 Å². The van der Waals surface area contributed by atoms with Gasteiger partial charge in [-0.05, 0) is 62.2 Å². The number of hydrogen-bond acceptors (Lipinski definition) is 10. The molecule has 4 N–H and O–H groups in total. The first-order valence-electron chi connectivity index (χ1n) is 13.0. The highest BCUT2D eigenvalue weighted by Gasteiger charge is 2.32. The first kappa shape index (κ1) is 30.8. The molecule has 0 aliphatic carbocycles. The lowest BCUT2D eigenvalue weighted by Gasteiger charge is -2.28. The second-order valence-electron chi connectivity index (χ2n) is 8.65. The van der Waals surface area contributed by atoms with Crippen molar-refractivity contribution in [3.05, 3.63) is 71.5 Å². The van der Waals surface area contributed by atoms with Crippen molar-refractivity contribution in [3.63, 3.8) is 0 Å². The largest absolute Gasteiger partial charge is 0.490 e. The Bertz CT molecular complexity index is 1290. The van der Waals surface area contributed by atoms with Gasteiger partial charge in [-0.1, -0.05) is 18.7 Å². The number of methoxy groups -OCH3 is 1. The van der Waals surface area contributed by atoms with Gasteiger partial charge in [-0.2, -0.15) is 5.10 Å². The summed E-state index contributed by atoms with van der Waals surface area (Å²) in [7, 11) is 1.27. The summed E-state index contributed by atoms with van der Waals surface area (Å²) in [6.45, 7) is 9.98. The van der Waals surface area contributed by atoms with Gasteiger partial charge in [-0.15, -0.1) is 0 Å². The summed E-state index contributed by atoms with van der Waals surface area (Å²) in [6.07, 6.45) is 2.05. The minimum atomic E-state index is -1.14. The van der Waals surface area contributed by atoms with Crippen molar-refractivity contribution in [1.82, 2.24) is 16.1 Å². The van der Waals surface area contributed by atoms with Crippen LogP contribution in [0.4, 0.5) is 4.79 Å². The first-order valence-corrected chi connectivity index (χ1v) is 13.0. The Morgan fingerprint density at radius 3 is 2.44 bits per heavy atom. The third-order valence-electron chi connectivity index (χ3n) is 5.73. The van der Waals surface area contributed by atoms with Gasteiger partial charge >= 0.3 is 12.0 Å². The molecule has 2 aromatic carbocycles. The highest BCUT2D eigenvalue weighted by atomic mass is 16.5. The number of aliphatic hydroxyl groups is 1. The Hall–Kier alpha value is -4.71. The van der Waals surface area contributed by atoms with Crippen LogP contribution in [0.3, 0.4) is 0 Å². The monoisotopic (exact) mass is 568 g/mol. The van der Waals surface area contributed by atoms with Gasteiger partial charge < -0.3 is 39.4 Å². The second kappa shape index (κ2) is 15.2. The van der Waals surface area contributed by atoms with Crippen molar-refractivity contribution in [1.29, 1.82) is 0 Å². The molecule has 0 radical (unpaired) electrons. The number of nitrogens with one attached hydrogen (secondary N) is 3. The maximum Gasteiger partial charge on any atom is 0.337 e. The molecule has 0 bridgehead atoms. The third-order valence-corrected chi connectivity index (χ3v) is 5.73. The predicted molar refractivity (Wildman–Crippen MR) is 152 cm³/mol. The fourth-order valence-corrected chi connectivity index (χ4v) is 3.96. The molecule has 3 rings (SSSR count). The molecule has 0 fully saturated rings. The topological polar surface area (TPSA) is 149 Å². The van der Waals surface area contributed by atoms with Crippen LogP contribution in [-0.4, -0.2) is 63.1 Å². The molecule has 12 nitrogen and oxygen atoms in total. The lowest BCUT2D eigenvalue weighted by molar-refractivity contribution is -0.136. The molecule has 2 amide bonds.